The van der Waals surface area contributed by atoms with Gasteiger partial charge in [-0.3, -0.25) is 4.90 Å². The summed E-state index contributed by atoms with van der Waals surface area (Å²) in [4.78, 5) is 35.9. The summed E-state index contributed by atoms with van der Waals surface area (Å²) < 4.78 is 26.5. The monoisotopic (exact) mass is 930 g/mol. The number of oxime groups is 1. The highest BCUT2D eigenvalue weighted by Crippen LogP contribution is 2.62. The second kappa shape index (κ2) is 27.6. The van der Waals surface area contributed by atoms with Crippen molar-refractivity contribution in [2.75, 3.05) is 32.9 Å². The Morgan fingerprint density at radius 1 is 0.896 bits per heavy atom. The fourth-order valence-corrected chi connectivity index (χ4v) is 10.3. The summed E-state index contributed by atoms with van der Waals surface area (Å²) in [7, 11) is 0. The molecule has 1 fully saturated rings. The second-order valence-corrected chi connectivity index (χ2v) is 19.7. The molecule has 0 radical (unpaired) electrons. The van der Waals surface area contributed by atoms with Crippen molar-refractivity contribution in [3.8, 4) is 11.5 Å². The van der Waals surface area contributed by atoms with E-state index >= 15 is 0 Å². The Balaban J connectivity index is 1.55. The number of allylic oxidation sites excluding steroid dienone is 1. The van der Waals surface area contributed by atoms with Crippen molar-refractivity contribution in [1.29, 1.82) is 0 Å². The number of unbranched alkanes of at least 4 members (excludes halogenated alkanes) is 11. The van der Waals surface area contributed by atoms with Gasteiger partial charge < -0.3 is 39.3 Å². The van der Waals surface area contributed by atoms with Crippen molar-refractivity contribution in [2.45, 2.75) is 180 Å². The highest BCUT2D eigenvalue weighted by Gasteiger charge is 2.65. The number of aliphatic hydroxyl groups is 2. The van der Waals surface area contributed by atoms with E-state index in [9.17, 15) is 19.8 Å². The Kier molecular flexibility index (Phi) is 22.0. The average molecular weight is 930 g/mol. The number of aliphatic hydroxyl groups excluding tert-OH is 2. The van der Waals surface area contributed by atoms with Crippen LogP contribution in [0.4, 0.5) is 9.59 Å². The van der Waals surface area contributed by atoms with E-state index in [1.54, 1.807) is 17.0 Å². The van der Waals surface area contributed by atoms with Gasteiger partial charge in [-0.2, -0.15) is 0 Å². The number of fused-ring (bicyclic) bond motifs is 2. The maximum Gasteiger partial charge on any atom is 0.412 e. The van der Waals surface area contributed by atoms with Gasteiger partial charge in [0, 0.05) is 44.2 Å². The van der Waals surface area contributed by atoms with E-state index in [1.165, 1.54) is 44.9 Å². The number of amides is 2. The van der Waals surface area contributed by atoms with Gasteiger partial charge in [0.1, 0.15) is 29.7 Å². The largest absolute Gasteiger partial charge is 0.459 e. The van der Waals surface area contributed by atoms with Gasteiger partial charge in [-0.25, -0.2) is 9.59 Å². The van der Waals surface area contributed by atoms with Gasteiger partial charge in [-0.1, -0.05) is 132 Å². The molecule has 2 aromatic carbocycles. The average Bonchev–Trinajstić information content (AvgIpc) is 3.31. The number of ether oxygens (including phenoxy) is 4. The molecule has 3 aliphatic rings. The highest BCUT2D eigenvalue weighted by atomic mass is 16.7. The number of nitrogens with one attached hydrogen (secondary N) is 1. The van der Waals surface area contributed by atoms with Crippen molar-refractivity contribution >= 4 is 17.9 Å². The number of rotatable bonds is 29. The van der Waals surface area contributed by atoms with Gasteiger partial charge in [0.25, 0.3) is 0 Å². The molecule has 67 heavy (non-hydrogen) atoms. The molecule has 1 aliphatic heterocycles. The van der Waals surface area contributed by atoms with Crippen LogP contribution in [0.25, 0.3) is 0 Å². The fraction of sp³-hybridized carbons (Fsp3) is 0.655. The number of benzene rings is 2. The van der Waals surface area contributed by atoms with Crippen LogP contribution in [-0.2, 0) is 20.9 Å². The van der Waals surface area contributed by atoms with E-state index in [1.807, 2.05) is 70.2 Å². The lowest BCUT2D eigenvalue weighted by atomic mass is 9.55. The molecular formula is C55H83N3O9. The van der Waals surface area contributed by atoms with Crippen LogP contribution in [0.15, 0.2) is 78.0 Å². The molecule has 12 heteroatoms. The Morgan fingerprint density at radius 2 is 1.58 bits per heavy atom. The molecule has 12 nitrogen and oxygen atoms in total. The summed E-state index contributed by atoms with van der Waals surface area (Å²) >= 11 is 0. The first kappa shape index (κ1) is 53.6. The molecule has 5 rings (SSSR count). The Bertz CT molecular complexity index is 1880. The lowest BCUT2D eigenvalue weighted by molar-refractivity contribution is -0.255. The first-order chi connectivity index (χ1) is 32.5. The van der Waals surface area contributed by atoms with Crippen molar-refractivity contribution in [3.63, 3.8) is 0 Å². The summed E-state index contributed by atoms with van der Waals surface area (Å²) in [6, 6.07) is 14.5. The molecule has 1 heterocycles. The van der Waals surface area contributed by atoms with Gasteiger partial charge in [0.2, 0.25) is 5.79 Å². The smallest absolute Gasteiger partial charge is 0.412 e. The normalized spacial score (nSPS) is 22.5. The zero-order valence-corrected chi connectivity index (χ0v) is 41.5. The minimum Gasteiger partial charge on any atom is -0.459 e. The SMILES string of the molecule is C=CCOC12Oc3ccc(OC(=O)NCCCCCCCCCCCC)cc3C3C(CCCCO)C(CCCCO)C=C(C(=NOC(C)(C)C)CC1N(CCC)C(=O)OCc1ccccc1)C32. The molecular weight excluding hydrogens is 847 g/mol. The molecule has 0 saturated heterocycles. The molecule has 6 unspecified atom stereocenters. The summed E-state index contributed by atoms with van der Waals surface area (Å²) in [5.74, 6) is -1.15. The van der Waals surface area contributed by atoms with Gasteiger partial charge in [-0.05, 0) is 100 Å². The van der Waals surface area contributed by atoms with Crippen molar-refractivity contribution in [1.82, 2.24) is 10.2 Å². The predicted molar refractivity (Wildman–Crippen MR) is 265 cm³/mol. The van der Waals surface area contributed by atoms with E-state index in [4.69, 9.17) is 28.9 Å². The molecule has 372 valence electrons. The van der Waals surface area contributed by atoms with Crippen molar-refractivity contribution in [2.24, 2.45) is 22.9 Å². The van der Waals surface area contributed by atoms with Gasteiger partial charge in [0.05, 0.1) is 18.2 Å². The first-order valence-corrected chi connectivity index (χ1v) is 25.7. The molecule has 0 spiro atoms. The van der Waals surface area contributed by atoms with Gasteiger partial charge in [0.15, 0.2) is 0 Å². The van der Waals surface area contributed by atoms with Crippen LogP contribution in [0.3, 0.4) is 0 Å². The minimum atomic E-state index is -1.43. The summed E-state index contributed by atoms with van der Waals surface area (Å²) in [6.45, 7) is 15.5. The Hall–Kier alpha value is -4.39. The zero-order valence-electron chi connectivity index (χ0n) is 41.5. The number of carbonyl (C=O) groups excluding carboxylic acids is 2. The van der Waals surface area contributed by atoms with Gasteiger partial charge in [-0.15, -0.1) is 6.58 Å². The topological polar surface area (TPSA) is 148 Å². The molecule has 1 saturated carbocycles. The number of hydrogen-bond acceptors (Lipinski definition) is 10. The fourth-order valence-electron chi connectivity index (χ4n) is 10.3. The maximum absolute atomic E-state index is 14.6. The minimum absolute atomic E-state index is 0.0157. The Labute approximate surface area is 401 Å². The number of nitrogens with zero attached hydrogens (tertiary/aromatic N) is 2. The molecule has 6 atom stereocenters. The predicted octanol–water partition coefficient (Wildman–Crippen LogP) is 12.2. The molecule has 3 N–H and O–H groups in total. The Morgan fingerprint density at radius 3 is 2.24 bits per heavy atom. The standard InChI is InChI=1S/C55H83N3O9/c1-7-10-11-12-13-14-15-16-17-23-32-56-52(61)65-43-30-31-48-46(38-43)50-44(29-22-25-35-60)42(28-21-24-34-59)37-45-47(57-67-54(4,5)6)39-49(55(66-48,51(45)50)64-36-9-3)58(33-8-2)53(62)63-40-41-26-19-18-20-27-41/h9,18-20,26-27,30-31,37-38,42,44,49-51,59-60H,3,7-8,10-17,21-25,28-29,32-36,39-40H2,1-2,4-6H3,(H,56,61). The van der Waals surface area contributed by atoms with Crippen LogP contribution in [0.1, 0.15) is 167 Å². The highest BCUT2D eigenvalue weighted by molar-refractivity contribution is 6.03. The lowest BCUT2D eigenvalue weighted by Crippen LogP contribution is -2.70. The molecule has 2 amide bonds. The van der Waals surface area contributed by atoms with Crippen LogP contribution >= 0.6 is 0 Å². The molecule has 0 bridgehead atoms. The third kappa shape index (κ3) is 15.3. The number of hydrogen-bond donors (Lipinski definition) is 3. The lowest BCUT2D eigenvalue weighted by Gasteiger charge is -2.60. The molecule has 2 aromatic rings. The van der Waals surface area contributed by atoms with Gasteiger partial charge >= 0.3 is 12.2 Å². The van der Waals surface area contributed by atoms with Crippen LogP contribution < -0.4 is 14.8 Å². The van der Waals surface area contributed by atoms with E-state index in [0.29, 0.717) is 49.6 Å². The summed E-state index contributed by atoms with van der Waals surface area (Å²) in [5.41, 5.74) is 2.78. The van der Waals surface area contributed by atoms with E-state index < -0.39 is 35.5 Å². The summed E-state index contributed by atoms with van der Waals surface area (Å²) in [6.07, 6.45) is 20.6. The second-order valence-electron chi connectivity index (χ2n) is 19.7. The third-order valence-electron chi connectivity index (χ3n) is 13.4. The van der Waals surface area contributed by atoms with Crippen LogP contribution in [0.2, 0.25) is 0 Å². The van der Waals surface area contributed by atoms with Crippen LogP contribution in [0.5, 0.6) is 11.5 Å². The van der Waals surface area contributed by atoms with E-state index in [2.05, 4.69) is 24.9 Å². The maximum atomic E-state index is 14.6. The van der Waals surface area contributed by atoms with Crippen molar-refractivity contribution < 1.29 is 43.6 Å². The quantitative estimate of drug-likeness (QED) is 0.0412. The number of carbonyl (C=O) groups is 2. The third-order valence-corrected chi connectivity index (χ3v) is 13.4. The first-order valence-electron chi connectivity index (χ1n) is 25.7. The molecule has 2 aliphatic carbocycles. The zero-order chi connectivity index (χ0) is 48.1. The van der Waals surface area contributed by atoms with Crippen LogP contribution in [-0.4, -0.2) is 83.4 Å². The van der Waals surface area contributed by atoms with Crippen molar-refractivity contribution in [3.05, 3.63) is 84.0 Å². The van der Waals surface area contributed by atoms with E-state index in [0.717, 1.165) is 61.6 Å². The summed E-state index contributed by atoms with van der Waals surface area (Å²) in [5, 5.41) is 27.8. The van der Waals surface area contributed by atoms with Crippen LogP contribution in [0, 0.1) is 17.8 Å². The van der Waals surface area contributed by atoms with E-state index in [-0.39, 0.29) is 50.6 Å². The molecule has 0 aromatic heterocycles.